The monoisotopic (exact) mass is 465 g/mol. The van der Waals surface area contributed by atoms with Crippen LogP contribution in [0.25, 0.3) is 0 Å². The predicted molar refractivity (Wildman–Crippen MR) is 120 cm³/mol. The number of rotatable bonds is 8. The average Bonchev–Trinajstić information content (AvgIpc) is 2.81. The molecule has 182 valence electrons. The molecule has 0 aromatic heterocycles. The largest absolute Gasteiger partial charge is 0.490 e. The van der Waals surface area contributed by atoms with Crippen LogP contribution < -0.4 is 9.64 Å². The van der Waals surface area contributed by atoms with Gasteiger partial charge < -0.3 is 24.3 Å². The number of halogens is 1. The number of aliphatic hydroxyl groups excluding tert-OH is 1. The molecule has 3 rings (SSSR count). The number of carbonyl (C=O) groups is 2. The molecule has 1 aromatic rings. The number of piperidine rings is 2. The van der Waals surface area contributed by atoms with Crippen LogP contribution in [0.1, 0.15) is 56.3 Å². The van der Waals surface area contributed by atoms with Crippen molar-refractivity contribution in [3.8, 4) is 5.75 Å². The van der Waals surface area contributed by atoms with Gasteiger partial charge in [0.2, 0.25) is 6.23 Å². The summed E-state index contributed by atoms with van der Waals surface area (Å²) in [6.45, 7) is 5.04. The van der Waals surface area contributed by atoms with Crippen molar-refractivity contribution in [1.82, 2.24) is 4.90 Å². The molecule has 0 saturated carbocycles. The minimum atomic E-state index is -0.508. The fourth-order valence-corrected chi connectivity index (χ4v) is 3.89. The Hall–Kier alpha value is -2.88. The number of nitrogens with zero attached hydrogens (tertiary/aromatic N) is 3. The molecule has 10 heteroatoms. The standard InChI is InChI=1S/C23H32FN3O6/c1-16(2)32-23(30)27-8-4-3-5-22(27)33-25-18-6-9-26(10-7-18)20-14-21(31-12-11-28)17(15-29)13-19(20)24/h13-16,22,28H,3-12H2,1-2H3. The van der Waals surface area contributed by atoms with Crippen LogP contribution in [0.15, 0.2) is 17.3 Å². The molecule has 2 aliphatic heterocycles. The number of benzene rings is 1. The molecule has 1 unspecified atom stereocenters. The summed E-state index contributed by atoms with van der Waals surface area (Å²) in [6, 6.07) is 2.64. The van der Waals surface area contributed by atoms with E-state index in [-0.39, 0.29) is 30.6 Å². The molecular weight excluding hydrogens is 433 g/mol. The van der Waals surface area contributed by atoms with Crippen molar-refractivity contribution in [2.45, 2.75) is 58.3 Å². The maximum absolute atomic E-state index is 14.6. The zero-order valence-electron chi connectivity index (χ0n) is 19.2. The zero-order chi connectivity index (χ0) is 23.8. The van der Waals surface area contributed by atoms with Crippen molar-refractivity contribution in [2.75, 3.05) is 37.7 Å². The van der Waals surface area contributed by atoms with Crippen LogP contribution in [0, 0.1) is 5.82 Å². The van der Waals surface area contributed by atoms with E-state index in [4.69, 9.17) is 19.4 Å². The molecule has 0 spiro atoms. The number of ether oxygens (including phenoxy) is 2. The fourth-order valence-electron chi connectivity index (χ4n) is 3.89. The lowest BCUT2D eigenvalue weighted by molar-refractivity contribution is -0.0741. The van der Waals surface area contributed by atoms with E-state index in [0.29, 0.717) is 50.9 Å². The Labute approximate surface area is 193 Å². The van der Waals surface area contributed by atoms with Gasteiger partial charge in [0.05, 0.1) is 29.7 Å². The number of likely N-dealkylation sites (tertiary alicyclic amines) is 1. The van der Waals surface area contributed by atoms with Gasteiger partial charge in [-0.3, -0.25) is 9.69 Å². The van der Waals surface area contributed by atoms with Crippen molar-refractivity contribution in [1.29, 1.82) is 0 Å². The van der Waals surface area contributed by atoms with Crippen molar-refractivity contribution in [3.05, 3.63) is 23.5 Å². The van der Waals surface area contributed by atoms with E-state index in [2.05, 4.69) is 5.16 Å². The Kier molecular flexibility index (Phi) is 8.87. The molecule has 9 nitrogen and oxygen atoms in total. The summed E-state index contributed by atoms with van der Waals surface area (Å²) in [7, 11) is 0. The van der Waals surface area contributed by atoms with Gasteiger partial charge in [0.25, 0.3) is 0 Å². The summed E-state index contributed by atoms with van der Waals surface area (Å²) >= 11 is 0. The summed E-state index contributed by atoms with van der Waals surface area (Å²) in [5, 5.41) is 13.3. The summed E-state index contributed by atoms with van der Waals surface area (Å²) in [5.41, 5.74) is 1.28. The van der Waals surface area contributed by atoms with Crippen molar-refractivity contribution < 1.29 is 33.4 Å². The van der Waals surface area contributed by atoms with Crippen LogP contribution in [-0.2, 0) is 9.57 Å². The highest BCUT2D eigenvalue weighted by atomic mass is 19.1. The molecule has 0 bridgehead atoms. The Balaban J connectivity index is 1.61. The molecule has 2 saturated heterocycles. The van der Waals surface area contributed by atoms with Gasteiger partial charge in [0.1, 0.15) is 18.2 Å². The highest BCUT2D eigenvalue weighted by Gasteiger charge is 2.30. The van der Waals surface area contributed by atoms with E-state index in [0.717, 1.165) is 24.6 Å². The van der Waals surface area contributed by atoms with Crippen LogP contribution in [0.3, 0.4) is 0 Å². The number of aliphatic hydroxyl groups is 1. The molecule has 0 radical (unpaired) electrons. The van der Waals surface area contributed by atoms with Gasteiger partial charge in [0.15, 0.2) is 6.29 Å². The number of amides is 1. The number of anilines is 1. The van der Waals surface area contributed by atoms with E-state index in [1.54, 1.807) is 4.90 Å². The molecule has 1 atom stereocenters. The van der Waals surface area contributed by atoms with Gasteiger partial charge in [0, 0.05) is 45.0 Å². The Morgan fingerprint density at radius 3 is 2.70 bits per heavy atom. The SMILES string of the molecule is CC(C)OC(=O)N1CCCCC1ON=C1CCN(c2cc(OCCO)c(C=O)cc2F)CC1. The molecule has 33 heavy (non-hydrogen) atoms. The molecule has 2 heterocycles. The second-order valence-electron chi connectivity index (χ2n) is 8.36. The first-order valence-electron chi connectivity index (χ1n) is 11.4. The number of hydrogen-bond donors (Lipinski definition) is 1. The Morgan fingerprint density at radius 1 is 1.27 bits per heavy atom. The first-order chi connectivity index (χ1) is 15.9. The lowest BCUT2D eigenvalue weighted by atomic mass is 10.1. The first-order valence-corrected chi connectivity index (χ1v) is 11.4. The Morgan fingerprint density at radius 2 is 2.03 bits per heavy atom. The van der Waals surface area contributed by atoms with Crippen LogP contribution in [-0.4, -0.2) is 73.3 Å². The van der Waals surface area contributed by atoms with Crippen LogP contribution in [0.4, 0.5) is 14.9 Å². The van der Waals surface area contributed by atoms with E-state index in [9.17, 15) is 14.0 Å². The van der Waals surface area contributed by atoms with Crippen molar-refractivity contribution >= 4 is 23.8 Å². The smallest absolute Gasteiger partial charge is 0.412 e. The molecule has 1 aromatic carbocycles. The number of aldehydes is 1. The summed E-state index contributed by atoms with van der Waals surface area (Å²) in [4.78, 5) is 32.7. The van der Waals surface area contributed by atoms with Gasteiger partial charge in [-0.25, -0.2) is 9.18 Å². The minimum absolute atomic E-state index is 0.0168. The third-order valence-electron chi connectivity index (χ3n) is 5.56. The average molecular weight is 466 g/mol. The van der Waals surface area contributed by atoms with Crippen molar-refractivity contribution in [2.24, 2.45) is 5.16 Å². The lowest BCUT2D eigenvalue weighted by Crippen LogP contribution is -2.45. The molecular formula is C23H32FN3O6. The van der Waals surface area contributed by atoms with Gasteiger partial charge in [-0.05, 0) is 32.8 Å². The highest BCUT2D eigenvalue weighted by molar-refractivity contribution is 5.86. The predicted octanol–water partition coefficient (Wildman–Crippen LogP) is 3.34. The quantitative estimate of drug-likeness (QED) is 0.464. The fraction of sp³-hybridized carbons (Fsp3) is 0.609. The molecule has 0 aliphatic carbocycles. The second kappa shape index (κ2) is 11.8. The molecule has 2 aliphatic rings. The topological polar surface area (TPSA) is 101 Å². The lowest BCUT2D eigenvalue weighted by Gasteiger charge is -2.34. The molecule has 2 fully saturated rings. The number of hydrogen-bond acceptors (Lipinski definition) is 8. The first kappa shape index (κ1) is 24.8. The third kappa shape index (κ3) is 6.56. The van der Waals surface area contributed by atoms with Crippen molar-refractivity contribution in [3.63, 3.8) is 0 Å². The van der Waals surface area contributed by atoms with Gasteiger partial charge in [-0.2, -0.15) is 0 Å². The second-order valence-corrected chi connectivity index (χ2v) is 8.36. The summed E-state index contributed by atoms with van der Waals surface area (Å²) < 4.78 is 25.3. The van der Waals surface area contributed by atoms with Gasteiger partial charge in [-0.15, -0.1) is 0 Å². The zero-order valence-corrected chi connectivity index (χ0v) is 19.2. The van der Waals surface area contributed by atoms with E-state index in [1.165, 1.54) is 6.07 Å². The minimum Gasteiger partial charge on any atom is -0.490 e. The van der Waals surface area contributed by atoms with E-state index < -0.39 is 18.1 Å². The van der Waals surface area contributed by atoms with Gasteiger partial charge >= 0.3 is 6.09 Å². The van der Waals surface area contributed by atoms with Crippen LogP contribution in [0.5, 0.6) is 5.75 Å². The normalized spacial score (nSPS) is 18.8. The number of oxime groups is 1. The molecule has 1 N–H and O–H groups in total. The third-order valence-corrected chi connectivity index (χ3v) is 5.56. The Bertz CT molecular complexity index is 853. The van der Waals surface area contributed by atoms with Crippen LogP contribution >= 0.6 is 0 Å². The van der Waals surface area contributed by atoms with Gasteiger partial charge in [-0.1, -0.05) is 5.16 Å². The summed E-state index contributed by atoms with van der Waals surface area (Å²) in [6.07, 6.45) is 3.18. The van der Waals surface area contributed by atoms with E-state index in [1.807, 2.05) is 18.7 Å². The van der Waals surface area contributed by atoms with Crippen LogP contribution in [0.2, 0.25) is 0 Å². The number of carbonyl (C=O) groups excluding carboxylic acids is 2. The maximum atomic E-state index is 14.6. The maximum Gasteiger partial charge on any atom is 0.412 e. The highest BCUT2D eigenvalue weighted by Crippen LogP contribution is 2.30. The van der Waals surface area contributed by atoms with E-state index >= 15 is 0 Å². The molecule has 1 amide bonds. The summed E-state index contributed by atoms with van der Waals surface area (Å²) in [5.74, 6) is -0.268.